The summed E-state index contributed by atoms with van der Waals surface area (Å²) in [5.74, 6) is 0. The summed E-state index contributed by atoms with van der Waals surface area (Å²) >= 11 is 0. The van der Waals surface area contributed by atoms with Gasteiger partial charge in [0, 0.05) is 83.2 Å². The Labute approximate surface area is 719 Å². The Bertz CT molecular complexity index is 7140. The van der Waals surface area contributed by atoms with Gasteiger partial charge in [-0.05, 0) is 195 Å². The number of nitrogens with two attached hydrogens (primary N) is 7. The van der Waals surface area contributed by atoms with Crippen LogP contribution in [0.2, 0.25) is 0 Å². The number of rotatable bonds is 10. The molecular weight excluding hydrogens is 1490 g/mol. The average molecular weight is 1590 g/mol. The van der Waals surface area contributed by atoms with E-state index in [0.29, 0.717) is 0 Å². The highest BCUT2D eigenvalue weighted by atomic mass is 15.0. The summed E-state index contributed by atoms with van der Waals surface area (Å²) in [6.45, 7) is 4.52. The first kappa shape index (κ1) is 80.6. The number of aromatic nitrogens is 1. The smallest absolute Gasteiger partial charge is 0.0542 e. The van der Waals surface area contributed by atoms with Crippen molar-refractivity contribution in [2.45, 2.75) is 19.3 Å². The second-order valence-corrected chi connectivity index (χ2v) is 31.0. The molecule has 0 bridgehead atoms. The van der Waals surface area contributed by atoms with Gasteiger partial charge in [0.25, 0.3) is 0 Å². The van der Waals surface area contributed by atoms with E-state index in [1.807, 2.05) is 164 Å². The highest BCUT2D eigenvalue weighted by molar-refractivity contribution is 6.17. The van der Waals surface area contributed by atoms with E-state index in [1.54, 1.807) is 0 Å². The summed E-state index contributed by atoms with van der Waals surface area (Å²) < 4.78 is 2.24. The summed E-state index contributed by atoms with van der Waals surface area (Å²) in [5.41, 5.74) is 68.6. The fourth-order valence-electron chi connectivity index (χ4n) is 16.4. The van der Waals surface area contributed by atoms with E-state index in [1.165, 1.54) is 105 Å². The summed E-state index contributed by atoms with van der Waals surface area (Å²) in [4.78, 5) is 0. The van der Waals surface area contributed by atoms with Crippen LogP contribution in [0.15, 0.2) is 413 Å². The molecule has 596 valence electrons. The van der Waals surface area contributed by atoms with Crippen LogP contribution in [0, 0.1) is 0 Å². The number of nitrogen functional groups attached to an aromatic ring is 7. The normalized spacial score (nSPS) is 11.8. The van der Waals surface area contributed by atoms with E-state index in [4.69, 9.17) is 40.1 Å². The van der Waals surface area contributed by atoms with Gasteiger partial charge in [0.05, 0.1) is 11.0 Å². The number of hydrogen-bond acceptors (Lipinski definition) is 7. The van der Waals surface area contributed by atoms with Crippen molar-refractivity contribution in [2.75, 3.05) is 40.1 Å². The highest BCUT2D eigenvalue weighted by Gasteiger charge is 2.35. The highest BCUT2D eigenvalue weighted by Crippen LogP contribution is 2.49. The summed E-state index contributed by atoms with van der Waals surface area (Å²) in [6.07, 6.45) is 17.1. The first-order chi connectivity index (χ1) is 60.2. The van der Waals surface area contributed by atoms with E-state index >= 15 is 0 Å². The number of benzene rings is 19. The van der Waals surface area contributed by atoms with Gasteiger partial charge >= 0.3 is 0 Å². The minimum atomic E-state index is 0.0707. The van der Waals surface area contributed by atoms with Crippen molar-refractivity contribution in [1.82, 2.24) is 4.57 Å². The fraction of sp³-hybridized carbons (Fsp3) is 0.0261. The monoisotopic (exact) mass is 1590 g/mol. The van der Waals surface area contributed by atoms with Crippen molar-refractivity contribution in [3.63, 3.8) is 0 Å². The quantitative estimate of drug-likeness (QED) is 0.0403. The zero-order valence-corrected chi connectivity index (χ0v) is 68.9. The van der Waals surface area contributed by atoms with Gasteiger partial charge in [0.1, 0.15) is 0 Å². The molecule has 21 rings (SSSR count). The van der Waals surface area contributed by atoms with E-state index in [2.05, 4.69) is 316 Å². The Hall–Kier alpha value is -16.2. The van der Waals surface area contributed by atoms with Gasteiger partial charge in [-0.3, -0.25) is 0 Å². The predicted molar refractivity (Wildman–Crippen MR) is 536 cm³/mol. The van der Waals surface area contributed by atoms with Gasteiger partial charge in [0.2, 0.25) is 0 Å². The third-order valence-electron chi connectivity index (χ3n) is 22.6. The predicted octanol–water partition coefficient (Wildman–Crippen LogP) is 28.7. The molecule has 1 aliphatic carbocycles. The molecule has 0 atom stereocenters. The third kappa shape index (κ3) is 18.3. The van der Waals surface area contributed by atoms with Crippen LogP contribution < -0.4 is 40.1 Å². The second kappa shape index (κ2) is 37.2. The van der Waals surface area contributed by atoms with Crippen molar-refractivity contribution >= 4 is 164 Å². The lowest BCUT2D eigenvalue weighted by molar-refractivity contribution is 0.660. The van der Waals surface area contributed by atoms with Gasteiger partial charge in [0.15, 0.2) is 0 Å². The minimum absolute atomic E-state index is 0.0707. The fourth-order valence-corrected chi connectivity index (χ4v) is 16.4. The largest absolute Gasteiger partial charge is 0.399 e. The minimum Gasteiger partial charge on any atom is -0.399 e. The zero-order chi connectivity index (χ0) is 84.6. The van der Waals surface area contributed by atoms with Crippen LogP contribution in [0.3, 0.4) is 0 Å². The Morgan fingerprint density at radius 2 is 0.528 bits per heavy atom. The number of anilines is 7. The zero-order valence-electron chi connectivity index (χ0n) is 68.9. The van der Waals surface area contributed by atoms with Crippen molar-refractivity contribution in [3.05, 3.63) is 468 Å². The molecule has 0 amide bonds. The molecule has 0 spiro atoms. The topological polar surface area (TPSA) is 187 Å². The van der Waals surface area contributed by atoms with Crippen LogP contribution in [0.25, 0.3) is 152 Å². The lowest BCUT2D eigenvalue weighted by Crippen LogP contribution is -2.15. The summed E-state index contributed by atoms with van der Waals surface area (Å²) in [7, 11) is 0. The van der Waals surface area contributed by atoms with E-state index in [0.717, 1.165) is 94.4 Å². The van der Waals surface area contributed by atoms with Crippen LogP contribution in [0.5, 0.6) is 0 Å². The molecule has 0 radical (unpaired) electrons. The molecule has 0 saturated carbocycles. The molecule has 19 aromatic carbocycles. The molecule has 0 fully saturated rings. The maximum Gasteiger partial charge on any atom is 0.0542 e. The summed E-state index contributed by atoms with van der Waals surface area (Å²) in [6, 6.07) is 141. The lowest BCUT2D eigenvalue weighted by atomic mass is 9.82. The maximum absolute atomic E-state index is 6.41. The van der Waals surface area contributed by atoms with Crippen molar-refractivity contribution in [2.24, 2.45) is 0 Å². The number of fused-ring (bicyclic) bond motifs is 11. The van der Waals surface area contributed by atoms with Crippen LogP contribution in [0.1, 0.15) is 69.5 Å². The van der Waals surface area contributed by atoms with E-state index in [9.17, 15) is 0 Å². The maximum atomic E-state index is 6.41. The van der Waals surface area contributed by atoms with Crippen LogP contribution in [-0.4, -0.2) is 4.57 Å². The number of nitrogens with zero attached hydrogens (tertiary/aromatic N) is 1. The van der Waals surface area contributed by atoms with Crippen molar-refractivity contribution in [1.29, 1.82) is 0 Å². The van der Waals surface area contributed by atoms with Crippen LogP contribution in [0.4, 0.5) is 39.8 Å². The molecule has 14 N–H and O–H groups in total. The van der Waals surface area contributed by atoms with Gasteiger partial charge in [-0.15, -0.1) is 0 Å². The van der Waals surface area contributed by atoms with Gasteiger partial charge < -0.3 is 44.7 Å². The molecule has 1 heterocycles. The molecule has 123 heavy (non-hydrogen) atoms. The molecule has 20 aromatic rings. The van der Waals surface area contributed by atoms with Crippen LogP contribution >= 0.6 is 0 Å². The Morgan fingerprint density at radius 1 is 0.211 bits per heavy atom. The molecule has 0 saturated heterocycles. The summed E-state index contributed by atoms with van der Waals surface area (Å²) in [5, 5.41) is 13.9. The van der Waals surface area contributed by atoms with Gasteiger partial charge in [-0.2, -0.15) is 0 Å². The van der Waals surface area contributed by atoms with Crippen LogP contribution in [-0.2, 0) is 5.41 Å². The first-order valence-corrected chi connectivity index (χ1v) is 41.4. The molecule has 1 aromatic heterocycles. The average Bonchev–Trinajstić information content (AvgIpc) is 1.69. The Morgan fingerprint density at radius 3 is 1.02 bits per heavy atom. The van der Waals surface area contributed by atoms with Crippen molar-refractivity contribution < 1.29 is 0 Å². The van der Waals surface area contributed by atoms with Gasteiger partial charge in [-0.1, -0.05) is 390 Å². The van der Waals surface area contributed by atoms with Crippen molar-refractivity contribution in [3.8, 4) is 27.9 Å². The Balaban J connectivity index is 0.000000111. The standard InChI is InChI=1S/C28H21N.C22H17N.C18H15N3.C18H15N.C15H15N.C14H13N/c29-28-19-18-26(24-12-6-7-13-27(24)28)25-17-16-21(22-10-4-5-11-23(22)25)15-14-20-8-2-1-3-9-20;23-22-20-12-6-4-10-17(20)19(18-11-5-7-13-21(18)22)15-14-16-8-2-1-3-9-16;19-12-6-8-17-15(10-12)16-11-13(20)7-9-18(16)21(17)14-4-2-1-3-5-14;19-18-13-12-15(16-8-4-5-9-17(16)18)11-10-14-6-2-1-3-7-14;1-15(2)13-6-4-3-5-11(13)12-8-7-10(16)9-14(12)15;15-14-10-8-13(9-11-14)7-6-12-4-2-1-3-5-12/h1-19H,29H2;1-15H,23H2;1-11H,19-20H2;1-13H,19H2;3-9H,16H2,1-2H3;1-11H,15H2/b2*15-14+;;11-10+;;7-6+. The second-order valence-electron chi connectivity index (χ2n) is 31.0. The number of hydrogen-bond donors (Lipinski definition) is 7. The molecule has 8 nitrogen and oxygen atoms in total. The van der Waals surface area contributed by atoms with E-state index in [-0.39, 0.29) is 5.41 Å². The first-order valence-electron chi connectivity index (χ1n) is 41.4. The van der Waals surface area contributed by atoms with E-state index < -0.39 is 0 Å². The molecule has 1 aliphatic rings. The molecular formula is C115H96N8. The molecule has 0 unspecified atom stereocenters. The Kier molecular flexibility index (Phi) is 24.4. The van der Waals surface area contributed by atoms with Gasteiger partial charge in [-0.25, -0.2) is 0 Å². The SMILES string of the molecule is CC1(C)c2ccccc2-c2ccc(N)cc21.Nc1c2ccccc2c(/C=C/c2ccccc2)c2ccccc12.Nc1ccc(-c2ccc(/C=C/c3ccccc3)c3ccccc23)c2ccccc12.Nc1ccc(/C=C/c2ccccc2)c2ccccc12.Nc1ccc(/C=C/c2ccccc2)cc1.Nc1ccc2c(c1)c1cc(N)ccc1n2-c1ccccc1. The number of para-hydroxylation sites is 1. The molecule has 0 aliphatic heterocycles. The molecule has 8 heteroatoms. The lowest BCUT2D eigenvalue weighted by Gasteiger charge is -2.21. The third-order valence-corrected chi connectivity index (χ3v) is 22.6.